The highest BCUT2D eigenvalue weighted by atomic mass is 32.1. The van der Waals surface area contributed by atoms with Gasteiger partial charge < -0.3 is 10.1 Å². The van der Waals surface area contributed by atoms with Gasteiger partial charge in [0, 0.05) is 40.1 Å². The van der Waals surface area contributed by atoms with Crippen molar-refractivity contribution in [2.24, 2.45) is 5.92 Å². The molecule has 4 nitrogen and oxygen atoms in total. The fraction of sp³-hybridized carbons (Fsp3) is 0.364. The van der Waals surface area contributed by atoms with Crippen LogP contribution in [0.4, 0.5) is 0 Å². The van der Waals surface area contributed by atoms with Gasteiger partial charge in [-0.3, -0.25) is 9.59 Å². The van der Waals surface area contributed by atoms with E-state index in [1.807, 2.05) is 42.1 Å². The fourth-order valence-electron chi connectivity index (χ4n) is 4.17. The molecule has 6 heteroatoms. The molecule has 1 aliphatic heterocycles. The van der Waals surface area contributed by atoms with Gasteiger partial charge in [0.05, 0.1) is 6.10 Å². The highest BCUT2D eigenvalue weighted by Gasteiger charge is 2.45. The molecule has 0 amide bonds. The Bertz CT molecular complexity index is 925. The molecule has 1 N–H and O–H groups in total. The van der Waals surface area contributed by atoms with Gasteiger partial charge in [0.25, 0.3) is 0 Å². The normalized spacial score (nSPS) is 24.9. The lowest BCUT2D eigenvalue weighted by Gasteiger charge is -2.39. The third-order valence-electron chi connectivity index (χ3n) is 5.29. The molecule has 0 spiro atoms. The Labute approximate surface area is 172 Å². The highest BCUT2D eigenvalue weighted by molar-refractivity contribution is 7.10. The molecule has 4 rings (SSSR count). The molecule has 3 unspecified atom stereocenters. The Morgan fingerprint density at radius 2 is 2.11 bits per heavy atom. The van der Waals surface area contributed by atoms with Gasteiger partial charge in [0.1, 0.15) is 5.92 Å². The SMILES string of the molecule is C=C1NC2=C(C(=O)CC(c3cccs3)C2)C(c2ccsc2)C1C(=O)OC(C)C. The Kier molecular flexibility index (Phi) is 5.25. The van der Waals surface area contributed by atoms with Crippen molar-refractivity contribution in [3.05, 3.63) is 68.3 Å². The van der Waals surface area contributed by atoms with Gasteiger partial charge >= 0.3 is 5.97 Å². The second-order valence-corrected chi connectivity index (χ2v) is 9.34. The van der Waals surface area contributed by atoms with E-state index < -0.39 is 5.92 Å². The van der Waals surface area contributed by atoms with E-state index >= 15 is 0 Å². The molecule has 28 heavy (non-hydrogen) atoms. The quantitative estimate of drug-likeness (QED) is 0.719. The van der Waals surface area contributed by atoms with E-state index in [1.54, 1.807) is 22.7 Å². The van der Waals surface area contributed by atoms with Crippen LogP contribution in [0.15, 0.2) is 57.9 Å². The summed E-state index contributed by atoms with van der Waals surface area (Å²) >= 11 is 3.25. The summed E-state index contributed by atoms with van der Waals surface area (Å²) < 4.78 is 5.51. The maximum Gasteiger partial charge on any atom is 0.316 e. The minimum Gasteiger partial charge on any atom is -0.462 e. The van der Waals surface area contributed by atoms with Crippen molar-refractivity contribution in [2.75, 3.05) is 0 Å². The van der Waals surface area contributed by atoms with Crippen LogP contribution in [0.2, 0.25) is 0 Å². The number of ketones is 1. The number of carbonyl (C=O) groups excluding carboxylic acids is 2. The number of ether oxygens (including phenoxy) is 1. The molecule has 0 saturated heterocycles. The molecule has 0 bridgehead atoms. The number of hydrogen-bond donors (Lipinski definition) is 1. The zero-order valence-corrected chi connectivity index (χ0v) is 17.6. The predicted molar refractivity (Wildman–Crippen MR) is 112 cm³/mol. The zero-order chi connectivity index (χ0) is 19.8. The summed E-state index contributed by atoms with van der Waals surface area (Å²) in [5.74, 6) is -0.980. The van der Waals surface area contributed by atoms with E-state index in [0.717, 1.165) is 23.3 Å². The second kappa shape index (κ2) is 7.68. The molecule has 3 atom stereocenters. The van der Waals surface area contributed by atoms with Gasteiger partial charge in [-0.05, 0) is 54.1 Å². The van der Waals surface area contributed by atoms with Crippen molar-refractivity contribution >= 4 is 34.4 Å². The minimum atomic E-state index is -0.599. The zero-order valence-electron chi connectivity index (χ0n) is 15.9. The van der Waals surface area contributed by atoms with Gasteiger partial charge in [0.15, 0.2) is 5.78 Å². The molecule has 0 fully saturated rings. The molecular weight excluding hydrogens is 390 g/mol. The number of esters is 1. The van der Waals surface area contributed by atoms with E-state index in [0.29, 0.717) is 12.1 Å². The average Bonchev–Trinajstić information content (AvgIpc) is 3.33. The van der Waals surface area contributed by atoms with Gasteiger partial charge in [-0.2, -0.15) is 11.3 Å². The van der Waals surface area contributed by atoms with Crippen LogP contribution in [0.25, 0.3) is 0 Å². The average molecular weight is 414 g/mol. The Morgan fingerprint density at radius 1 is 1.29 bits per heavy atom. The summed E-state index contributed by atoms with van der Waals surface area (Å²) in [5, 5.41) is 9.35. The fourth-order valence-corrected chi connectivity index (χ4v) is 5.70. The van der Waals surface area contributed by atoms with E-state index in [1.165, 1.54) is 4.88 Å². The number of hydrogen-bond acceptors (Lipinski definition) is 6. The number of thiophene rings is 2. The first-order chi connectivity index (χ1) is 13.5. The minimum absolute atomic E-state index is 0.109. The van der Waals surface area contributed by atoms with Crippen LogP contribution in [0.1, 0.15) is 49.0 Å². The summed E-state index contributed by atoms with van der Waals surface area (Å²) in [6, 6.07) is 6.10. The lowest BCUT2D eigenvalue weighted by Crippen LogP contribution is -2.42. The molecule has 0 radical (unpaired) electrons. The molecular formula is C22H23NO3S2. The second-order valence-electron chi connectivity index (χ2n) is 7.58. The summed E-state index contributed by atoms with van der Waals surface area (Å²) in [5.41, 5.74) is 3.22. The van der Waals surface area contributed by atoms with Crippen LogP contribution in [0.3, 0.4) is 0 Å². The number of allylic oxidation sites excluding steroid dienone is 2. The number of Topliss-reactive ketones (excluding diaryl/α,β-unsaturated/α-hetero) is 1. The van der Waals surface area contributed by atoms with Gasteiger partial charge in [0.2, 0.25) is 0 Å². The van der Waals surface area contributed by atoms with Crippen LogP contribution in [-0.4, -0.2) is 17.9 Å². The van der Waals surface area contributed by atoms with E-state index in [4.69, 9.17) is 4.74 Å². The first kappa shape index (κ1) is 19.2. The number of nitrogens with one attached hydrogen (secondary N) is 1. The van der Waals surface area contributed by atoms with Crippen LogP contribution in [0.5, 0.6) is 0 Å². The van der Waals surface area contributed by atoms with Crippen LogP contribution in [0, 0.1) is 5.92 Å². The molecule has 146 valence electrons. The summed E-state index contributed by atoms with van der Waals surface area (Å²) in [6.07, 6.45) is 1.01. The molecule has 3 heterocycles. The maximum atomic E-state index is 13.3. The van der Waals surface area contributed by atoms with E-state index in [9.17, 15) is 9.59 Å². The lowest BCUT2D eigenvalue weighted by atomic mass is 9.70. The smallest absolute Gasteiger partial charge is 0.316 e. The standard InChI is InChI=1S/C22H23NO3S2/c1-12(2)26-22(25)19-13(3)23-16-9-15(18-5-4-7-28-18)10-17(24)21(16)20(19)14-6-8-27-11-14/h4-8,11-12,15,19-20,23H,3,9-10H2,1-2H3. The predicted octanol–water partition coefficient (Wildman–Crippen LogP) is 4.98. The monoisotopic (exact) mass is 413 g/mol. The Morgan fingerprint density at radius 3 is 2.75 bits per heavy atom. The van der Waals surface area contributed by atoms with Crippen molar-refractivity contribution in [2.45, 2.75) is 44.6 Å². The maximum absolute atomic E-state index is 13.3. The van der Waals surface area contributed by atoms with Crippen molar-refractivity contribution in [3.8, 4) is 0 Å². The van der Waals surface area contributed by atoms with Crippen molar-refractivity contribution in [1.29, 1.82) is 0 Å². The third-order valence-corrected chi connectivity index (χ3v) is 7.03. The molecule has 0 aromatic carbocycles. The number of carbonyl (C=O) groups is 2. The van der Waals surface area contributed by atoms with Crippen molar-refractivity contribution < 1.29 is 14.3 Å². The first-order valence-electron chi connectivity index (χ1n) is 9.43. The molecule has 2 aromatic heterocycles. The molecule has 2 aliphatic rings. The van der Waals surface area contributed by atoms with Gasteiger partial charge in [-0.1, -0.05) is 12.6 Å². The number of rotatable bonds is 4. The topological polar surface area (TPSA) is 55.4 Å². The molecule has 0 saturated carbocycles. The molecule has 2 aromatic rings. The van der Waals surface area contributed by atoms with E-state index in [2.05, 4.69) is 18.0 Å². The lowest BCUT2D eigenvalue weighted by molar-refractivity contribution is -0.151. The van der Waals surface area contributed by atoms with Crippen molar-refractivity contribution in [3.63, 3.8) is 0 Å². The third kappa shape index (κ3) is 3.47. The largest absolute Gasteiger partial charge is 0.462 e. The van der Waals surface area contributed by atoms with Gasteiger partial charge in [-0.15, -0.1) is 11.3 Å². The van der Waals surface area contributed by atoms with E-state index in [-0.39, 0.29) is 29.7 Å². The Balaban J connectivity index is 1.76. The van der Waals surface area contributed by atoms with Crippen LogP contribution in [-0.2, 0) is 14.3 Å². The first-order valence-corrected chi connectivity index (χ1v) is 11.3. The summed E-state index contributed by atoms with van der Waals surface area (Å²) in [6.45, 7) is 7.80. The highest BCUT2D eigenvalue weighted by Crippen LogP contribution is 2.48. The van der Waals surface area contributed by atoms with Crippen LogP contribution >= 0.6 is 22.7 Å². The van der Waals surface area contributed by atoms with Crippen LogP contribution < -0.4 is 5.32 Å². The summed E-state index contributed by atoms with van der Waals surface area (Å²) in [4.78, 5) is 27.4. The van der Waals surface area contributed by atoms with Crippen molar-refractivity contribution in [1.82, 2.24) is 5.32 Å². The summed E-state index contributed by atoms with van der Waals surface area (Å²) in [7, 11) is 0. The molecule has 1 aliphatic carbocycles. The van der Waals surface area contributed by atoms with Gasteiger partial charge in [-0.25, -0.2) is 0 Å². The Hall–Kier alpha value is -2.18.